The smallest absolute Gasteiger partial charge is 0.0647 e. The van der Waals surface area contributed by atoms with E-state index in [2.05, 4.69) is 109 Å². The van der Waals surface area contributed by atoms with Gasteiger partial charge in [-0.25, -0.2) is 0 Å². The molecule has 0 aliphatic heterocycles. The lowest BCUT2D eigenvalue weighted by atomic mass is 10.0. The molecule has 0 radical (unpaired) electrons. The highest BCUT2D eigenvalue weighted by Gasteiger charge is 2.12. The Morgan fingerprint density at radius 2 is 1.60 bits per heavy atom. The van der Waals surface area contributed by atoms with Crippen LogP contribution in [0.3, 0.4) is 0 Å². The average molecular weight is 461 g/mol. The van der Waals surface area contributed by atoms with Crippen molar-refractivity contribution in [3.63, 3.8) is 0 Å². The van der Waals surface area contributed by atoms with Gasteiger partial charge in [-0.15, -0.1) is 0 Å². The van der Waals surface area contributed by atoms with Crippen molar-refractivity contribution in [2.24, 2.45) is 0 Å². The van der Waals surface area contributed by atoms with Crippen molar-refractivity contribution in [2.45, 2.75) is 26.7 Å². The van der Waals surface area contributed by atoms with Crippen LogP contribution in [0.4, 0.5) is 17.1 Å². The summed E-state index contributed by atoms with van der Waals surface area (Å²) in [6, 6.07) is 27.2. The second kappa shape index (κ2) is 13.6. The molecule has 0 saturated heterocycles. The first-order chi connectivity index (χ1) is 17.1. The second-order valence-electron chi connectivity index (χ2n) is 8.39. The van der Waals surface area contributed by atoms with Crippen LogP contribution in [0.1, 0.15) is 31.4 Å². The van der Waals surface area contributed by atoms with E-state index in [4.69, 9.17) is 5.73 Å². The molecule has 0 spiro atoms. The molecule has 35 heavy (non-hydrogen) atoms. The van der Waals surface area contributed by atoms with Crippen LogP contribution in [0.2, 0.25) is 0 Å². The van der Waals surface area contributed by atoms with Gasteiger partial charge in [0.25, 0.3) is 0 Å². The van der Waals surface area contributed by atoms with E-state index in [-0.39, 0.29) is 0 Å². The highest BCUT2D eigenvalue weighted by atomic mass is 15.1. The number of rotatable bonds is 11. The third-order valence-electron chi connectivity index (χ3n) is 5.93. The monoisotopic (exact) mass is 460 g/mol. The van der Waals surface area contributed by atoms with Crippen LogP contribution in [-0.2, 0) is 6.42 Å². The van der Waals surface area contributed by atoms with Gasteiger partial charge in [0.2, 0.25) is 0 Å². The van der Waals surface area contributed by atoms with Crippen molar-refractivity contribution in [3.8, 4) is 0 Å². The summed E-state index contributed by atoms with van der Waals surface area (Å²) < 4.78 is 0. The maximum Gasteiger partial charge on any atom is 0.0647 e. The van der Waals surface area contributed by atoms with Gasteiger partial charge in [0.05, 0.1) is 11.4 Å². The molecule has 3 aromatic rings. The number of nitrogen functional groups attached to an aromatic ring is 1. The molecule has 3 aromatic carbocycles. The summed E-state index contributed by atoms with van der Waals surface area (Å²) in [4.78, 5) is 2.26. The van der Waals surface area contributed by atoms with E-state index < -0.39 is 0 Å². The van der Waals surface area contributed by atoms with Crippen LogP contribution in [-0.4, -0.2) is 6.54 Å². The van der Waals surface area contributed by atoms with Gasteiger partial charge in [0, 0.05) is 12.2 Å². The zero-order valence-corrected chi connectivity index (χ0v) is 20.9. The Hall–Kier alpha value is -4.04. The van der Waals surface area contributed by atoms with Gasteiger partial charge >= 0.3 is 0 Å². The molecule has 0 amide bonds. The molecule has 178 valence electrons. The van der Waals surface area contributed by atoms with Gasteiger partial charge in [-0.1, -0.05) is 109 Å². The molecule has 0 saturated carbocycles. The van der Waals surface area contributed by atoms with E-state index >= 15 is 0 Å². The number of nitrogens with zero attached hydrogens (tertiary/aromatic N) is 1. The topological polar surface area (TPSA) is 29.3 Å². The Labute approximate surface area is 211 Å². The summed E-state index contributed by atoms with van der Waals surface area (Å²) in [6.07, 6.45) is 16.8. The fourth-order valence-corrected chi connectivity index (χ4v) is 3.95. The van der Waals surface area contributed by atoms with Gasteiger partial charge in [-0.3, -0.25) is 0 Å². The number of hydrogen-bond donors (Lipinski definition) is 1. The molecular formula is C33H36N2. The van der Waals surface area contributed by atoms with Crippen LogP contribution in [0.25, 0.3) is 6.08 Å². The van der Waals surface area contributed by atoms with Crippen LogP contribution < -0.4 is 10.6 Å². The first-order valence-electron chi connectivity index (χ1n) is 12.2. The molecule has 0 bridgehead atoms. The Morgan fingerprint density at radius 3 is 2.26 bits per heavy atom. The Balaban J connectivity index is 1.77. The van der Waals surface area contributed by atoms with Crippen molar-refractivity contribution < 1.29 is 0 Å². The number of benzene rings is 3. The third kappa shape index (κ3) is 7.75. The molecule has 2 N–H and O–H groups in total. The zero-order chi connectivity index (χ0) is 24.9. The molecule has 3 rings (SSSR count). The Bertz CT molecular complexity index is 1200. The predicted octanol–water partition coefficient (Wildman–Crippen LogP) is 8.69. The fourth-order valence-electron chi connectivity index (χ4n) is 3.95. The minimum atomic E-state index is 0.711. The SMILES string of the molecule is C=C/C(=C\C)CCc1ccc(/C=C/C=C(\C=CC)CN(c2ccccc2)c2ccccc2N)cc1. The van der Waals surface area contributed by atoms with Crippen molar-refractivity contribution >= 4 is 23.1 Å². The van der Waals surface area contributed by atoms with Crippen LogP contribution in [0.15, 0.2) is 133 Å². The Morgan fingerprint density at radius 1 is 0.886 bits per heavy atom. The average Bonchev–Trinajstić information content (AvgIpc) is 2.89. The quantitative estimate of drug-likeness (QED) is 0.229. The lowest BCUT2D eigenvalue weighted by molar-refractivity contribution is 0.963. The Kier molecular flexibility index (Phi) is 9.95. The molecule has 0 aliphatic carbocycles. The molecule has 2 nitrogen and oxygen atoms in total. The largest absolute Gasteiger partial charge is 0.397 e. The number of para-hydroxylation sites is 3. The maximum absolute atomic E-state index is 6.35. The molecule has 0 heterocycles. The van der Waals surface area contributed by atoms with Gasteiger partial charge < -0.3 is 10.6 Å². The summed E-state index contributed by atoms with van der Waals surface area (Å²) in [5.74, 6) is 0. The number of nitrogens with two attached hydrogens (primary N) is 1. The highest BCUT2D eigenvalue weighted by Crippen LogP contribution is 2.31. The van der Waals surface area contributed by atoms with Crippen molar-refractivity contribution in [1.82, 2.24) is 0 Å². The molecule has 0 atom stereocenters. The third-order valence-corrected chi connectivity index (χ3v) is 5.93. The minimum Gasteiger partial charge on any atom is -0.397 e. The number of aryl methyl sites for hydroxylation is 1. The lowest BCUT2D eigenvalue weighted by Gasteiger charge is -2.27. The van der Waals surface area contributed by atoms with Crippen molar-refractivity contribution in [2.75, 3.05) is 17.2 Å². The first kappa shape index (κ1) is 25.6. The molecule has 0 unspecified atom stereocenters. The van der Waals surface area contributed by atoms with Gasteiger partial charge in [-0.05, 0) is 67.7 Å². The van der Waals surface area contributed by atoms with E-state index in [1.165, 1.54) is 22.3 Å². The summed E-state index contributed by atoms with van der Waals surface area (Å²) >= 11 is 0. The zero-order valence-electron chi connectivity index (χ0n) is 20.9. The van der Waals surface area contributed by atoms with Crippen molar-refractivity contribution in [3.05, 3.63) is 144 Å². The molecular weight excluding hydrogens is 424 g/mol. The number of hydrogen-bond acceptors (Lipinski definition) is 2. The minimum absolute atomic E-state index is 0.711. The van der Waals surface area contributed by atoms with Gasteiger partial charge in [0.15, 0.2) is 0 Å². The number of allylic oxidation sites excluding steroid dienone is 6. The van der Waals surface area contributed by atoms with E-state index in [1.54, 1.807) is 0 Å². The molecule has 2 heteroatoms. The molecule has 0 aliphatic rings. The summed E-state index contributed by atoms with van der Waals surface area (Å²) in [6.45, 7) is 8.70. The second-order valence-corrected chi connectivity index (χ2v) is 8.39. The number of anilines is 3. The predicted molar refractivity (Wildman–Crippen MR) is 155 cm³/mol. The van der Waals surface area contributed by atoms with E-state index in [0.717, 1.165) is 29.9 Å². The van der Waals surface area contributed by atoms with E-state index in [1.807, 2.05) is 37.3 Å². The summed E-state index contributed by atoms with van der Waals surface area (Å²) in [5, 5.41) is 0. The fraction of sp³-hybridized carbons (Fsp3) is 0.152. The lowest BCUT2D eigenvalue weighted by Crippen LogP contribution is -2.20. The van der Waals surface area contributed by atoms with E-state index in [0.29, 0.717) is 6.54 Å². The van der Waals surface area contributed by atoms with Crippen LogP contribution in [0.5, 0.6) is 0 Å². The molecule has 0 aromatic heterocycles. The summed E-state index contributed by atoms with van der Waals surface area (Å²) in [5.41, 5.74) is 14.2. The highest BCUT2D eigenvalue weighted by molar-refractivity contribution is 5.75. The van der Waals surface area contributed by atoms with E-state index in [9.17, 15) is 0 Å². The van der Waals surface area contributed by atoms with Gasteiger partial charge in [-0.2, -0.15) is 0 Å². The van der Waals surface area contributed by atoms with Crippen LogP contribution >= 0.6 is 0 Å². The maximum atomic E-state index is 6.35. The standard InChI is InChI=1S/C33H36N2/c1-4-13-30(15-12-14-28-22-24-29(25-23-28)21-20-27(5-2)6-3)26-35(31-16-8-7-9-17-31)33-19-11-10-18-32(33)34/h4-19,22-25H,2,20-21,26,34H2,1,3H3/b13-4?,14-12+,27-6+,30-15+. The summed E-state index contributed by atoms with van der Waals surface area (Å²) in [7, 11) is 0. The first-order valence-corrected chi connectivity index (χ1v) is 12.2. The van der Waals surface area contributed by atoms with Gasteiger partial charge in [0.1, 0.15) is 0 Å². The molecule has 0 fully saturated rings. The van der Waals surface area contributed by atoms with Crippen molar-refractivity contribution in [1.29, 1.82) is 0 Å². The van der Waals surface area contributed by atoms with Crippen LogP contribution in [0, 0.1) is 0 Å². The normalized spacial score (nSPS) is 12.4.